The summed E-state index contributed by atoms with van der Waals surface area (Å²) in [7, 11) is 0. The van der Waals surface area contributed by atoms with Crippen LogP contribution in [0, 0.1) is 6.92 Å². The lowest BCUT2D eigenvalue weighted by Crippen LogP contribution is -2.21. The Morgan fingerprint density at radius 2 is 2.06 bits per heavy atom. The van der Waals surface area contributed by atoms with Crippen molar-refractivity contribution in [3.8, 4) is 0 Å². The van der Waals surface area contributed by atoms with Crippen LogP contribution in [0.25, 0.3) is 10.9 Å². The van der Waals surface area contributed by atoms with Crippen molar-refractivity contribution in [1.29, 1.82) is 0 Å². The molecule has 1 saturated carbocycles. The summed E-state index contributed by atoms with van der Waals surface area (Å²) in [4.78, 5) is 8.52. The molecule has 1 aliphatic rings. The minimum atomic E-state index is -0.279. The van der Waals surface area contributed by atoms with Crippen molar-refractivity contribution >= 4 is 22.5 Å². The van der Waals surface area contributed by atoms with E-state index in [0.29, 0.717) is 0 Å². The van der Waals surface area contributed by atoms with Crippen LogP contribution in [0.3, 0.4) is 0 Å². The average molecular weight is 234 g/mol. The summed E-state index contributed by atoms with van der Waals surface area (Å²) in [6.07, 6.45) is 1.95. The maximum atomic E-state index is 6.20. The van der Waals surface area contributed by atoms with Gasteiger partial charge in [0.15, 0.2) is 0 Å². The van der Waals surface area contributed by atoms with Crippen LogP contribution >= 0.6 is 11.6 Å². The van der Waals surface area contributed by atoms with Crippen LogP contribution in [-0.4, -0.2) is 9.97 Å². The molecule has 0 aliphatic heterocycles. The molecule has 0 radical (unpaired) electrons. The highest BCUT2D eigenvalue weighted by atomic mass is 35.5. The third-order valence-corrected chi connectivity index (χ3v) is 3.25. The molecule has 3 nitrogen and oxygen atoms in total. The fourth-order valence-electron chi connectivity index (χ4n) is 1.96. The van der Waals surface area contributed by atoms with Gasteiger partial charge in [0, 0.05) is 5.39 Å². The predicted octanol–water partition coefficient (Wildman–Crippen LogP) is 2.54. The van der Waals surface area contributed by atoms with E-state index in [4.69, 9.17) is 17.3 Å². The van der Waals surface area contributed by atoms with Gasteiger partial charge < -0.3 is 5.73 Å². The van der Waals surface area contributed by atoms with E-state index in [2.05, 4.69) is 16.0 Å². The first-order valence-electron chi connectivity index (χ1n) is 5.32. The van der Waals surface area contributed by atoms with Crippen LogP contribution in [0.5, 0.6) is 0 Å². The smallest absolute Gasteiger partial charge is 0.223 e. The lowest BCUT2D eigenvalue weighted by Gasteiger charge is -2.12. The molecule has 4 heteroatoms. The van der Waals surface area contributed by atoms with Crippen molar-refractivity contribution in [3.05, 3.63) is 34.7 Å². The van der Waals surface area contributed by atoms with Gasteiger partial charge in [-0.05, 0) is 43.5 Å². The Morgan fingerprint density at radius 3 is 2.75 bits per heavy atom. The van der Waals surface area contributed by atoms with Gasteiger partial charge in [0.05, 0.1) is 16.7 Å². The Balaban J connectivity index is 2.36. The van der Waals surface area contributed by atoms with Crippen LogP contribution in [0.1, 0.15) is 24.1 Å². The topological polar surface area (TPSA) is 51.8 Å². The average Bonchev–Trinajstić information content (AvgIpc) is 2.97. The van der Waals surface area contributed by atoms with Crippen molar-refractivity contribution in [3.63, 3.8) is 0 Å². The molecular formula is C12H12ClN3. The van der Waals surface area contributed by atoms with E-state index >= 15 is 0 Å². The SMILES string of the molecule is Cc1ccc2nc(Cl)nc(C3(N)CC3)c2c1. The van der Waals surface area contributed by atoms with Crippen molar-refractivity contribution in [2.24, 2.45) is 5.73 Å². The molecular weight excluding hydrogens is 222 g/mol. The Hall–Kier alpha value is -1.19. The van der Waals surface area contributed by atoms with Crippen molar-refractivity contribution in [2.75, 3.05) is 0 Å². The Morgan fingerprint density at radius 1 is 1.31 bits per heavy atom. The lowest BCUT2D eigenvalue weighted by atomic mass is 10.0. The van der Waals surface area contributed by atoms with Gasteiger partial charge in [-0.3, -0.25) is 0 Å². The molecule has 2 N–H and O–H groups in total. The minimum Gasteiger partial charge on any atom is -0.320 e. The van der Waals surface area contributed by atoms with E-state index in [9.17, 15) is 0 Å². The van der Waals surface area contributed by atoms with E-state index in [-0.39, 0.29) is 10.8 Å². The summed E-state index contributed by atoms with van der Waals surface area (Å²) in [5.74, 6) is 0. The van der Waals surface area contributed by atoms with Crippen molar-refractivity contribution < 1.29 is 0 Å². The van der Waals surface area contributed by atoms with Crippen molar-refractivity contribution in [2.45, 2.75) is 25.3 Å². The van der Waals surface area contributed by atoms with Gasteiger partial charge in [0.25, 0.3) is 0 Å². The number of benzene rings is 1. The Bertz CT molecular complexity index is 576. The zero-order valence-electron chi connectivity index (χ0n) is 9.00. The maximum absolute atomic E-state index is 6.20. The third kappa shape index (κ3) is 1.47. The van der Waals surface area contributed by atoms with Gasteiger partial charge in [-0.2, -0.15) is 0 Å². The molecule has 1 fully saturated rings. The Kier molecular flexibility index (Phi) is 1.97. The molecule has 0 amide bonds. The minimum absolute atomic E-state index is 0.279. The van der Waals surface area contributed by atoms with Crippen LogP contribution in [0.15, 0.2) is 18.2 Å². The molecule has 1 aromatic carbocycles. The largest absolute Gasteiger partial charge is 0.320 e. The highest BCUT2D eigenvalue weighted by molar-refractivity contribution is 6.28. The number of fused-ring (bicyclic) bond motifs is 1. The van der Waals surface area contributed by atoms with Gasteiger partial charge in [0.1, 0.15) is 0 Å². The number of aryl methyl sites for hydroxylation is 1. The third-order valence-electron chi connectivity index (χ3n) is 3.08. The predicted molar refractivity (Wildman–Crippen MR) is 64.4 cm³/mol. The van der Waals surface area contributed by atoms with Crippen LogP contribution in [0.4, 0.5) is 0 Å². The molecule has 0 atom stereocenters. The van der Waals surface area contributed by atoms with E-state index in [1.165, 1.54) is 5.56 Å². The molecule has 2 aromatic rings. The lowest BCUT2D eigenvalue weighted by molar-refractivity contribution is 0.714. The summed E-state index contributed by atoms with van der Waals surface area (Å²) in [6, 6.07) is 6.06. The number of halogens is 1. The molecule has 1 aliphatic carbocycles. The first kappa shape index (κ1) is 10.00. The monoisotopic (exact) mass is 233 g/mol. The second-order valence-electron chi connectivity index (χ2n) is 4.52. The summed E-state index contributed by atoms with van der Waals surface area (Å²) in [6.45, 7) is 2.05. The first-order valence-corrected chi connectivity index (χ1v) is 5.70. The van der Waals surface area contributed by atoms with Gasteiger partial charge in [-0.25, -0.2) is 9.97 Å². The normalized spacial score (nSPS) is 17.7. The van der Waals surface area contributed by atoms with E-state index in [1.54, 1.807) is 0 Å². The van der Waals surface area contributed by atoms with Gasteiger partial charge in [-0.15, -0.1) is 0 Å². The highest BCUT2D eigenvalue weighted by Crippen LogP contribution is 2.44. The molecule has 16 heavy (non-hydrogen) atoms. The molecule has 1 aromatic heterocycles. The number of aromatic nitrogens is 2. The zero-order valence-corrected chi connectivity index (χ0v) is 9.75. The van der Waals surface area contributed by atoms with E-state index in [0.717, 1.165) is 29.4 Å². The number of hydrogen-bond donors (Lipinski definition) is 1. The molecule has 3 rings (SSSR count). The zero-order chi connectivity index (χ0) is 11.3. The van der Waals surface area contributed by atoms with E-state index in [1.807, 2.05) is 19.1 Å². The molecule has 0 spiro atoms. The second kappa shape index (κ2) is 3.15. The quantitative estimate of drug-likeness (QED) is 0.771. The fraction of sp³-hybridized carbons (Fsp3) is 0.333. The second-order valence-corrected chi connectivity index (χ2v) is 4.86. The fourth-order valence-corrected chi connectivity index (χ4v) is 2.14. The van der Waals surface area contributed by atoms with Gasteiger partial charge in [0.2, 0.25) is 5.28 Å². The highest BCUT2D eigenvalue weighted by Gasteiger charge is 2.43. The maximum Gasteiger partial charge on any atom is 0.223 e. The van der Waals surface area contributed by atoms with Crippen LogP contribution in [-0.2, 0) is 5.54 Å². The number of rotatable bonds is 1. The van der Waals surface area contributed by atoms with Gasteiger partial charge >= 0.3 is 0 Å². The van der Waals surface area contributed by atoms with Crippen LogP contribution < -0.4 is 5.73 Å². The van der Waals surface area contributed by atoms with Crippen molar-refractivity contribution in [1.82, 2.24) is 9.97 Å². The summed E-state index contributed by atoms with van der Waals surface area (Å²) in [5, 5.41) is 1.31. The number of nitrogens with two attached hydrogens (primary N) is 1. The summed E-state index contributed by atoms with van der Waals surface area (Å²) >= 11 is 5.92. The standard InChI is InChI=1S/C12H12ClN3/c1-7-2-3-9-8(6-7)10(12(14)4-5-12)16-11(13)15-9/h2-3,6H,4-5,14H2,1H3. The first-order chi connectivity index (χ1) is 7.58. The summed E-state index contributed by atoms with van der Waals surface area (Å²) < 4.78 is 0. The number of nitrogens with zero attached hydrogens (tertiary/aromatic N) is 2. The molecule has 1 heterocycles. The summed E-state index contributed by atoms with van der Waals surface area (Å²) in [5.41, 5.74) is 8.88. The van der Waals surface area contributed by atoms with Gasteiger partial charge in [-0.1, -0.05) is 11.6 Å². The molecule has 82 valence electrons. The molecule has 0 saturated heterocycles. The van der Waals surface area contributed by atoms with Crippen LogP contribution in [0.2, 0.25) is 5.28 Å². The number of hydrogen-bond acceptors (Lipinski definition) is 3. The molecule has 0 bridgehead atoms. The Labute approximate surface area is 98.6 Å². The molecule has 0 unspecified atom stereocenters. The van der Waals surface area contributed by atoms with E-state index < -0.39 is 0 Å².